The van der Waals surface area contributed by atoms with Crippen molar-refractivity contribution >= 4 is 0 Å². The number of fused-ring (bicyclic) bond motifs is 2. The van der Waals surface area contributed by atoms with E-state index in [1.807, 2.05) is 60.7 Å². The van der Waals surface area contributed by atoms with Gasteiger partial charge in [0.05, 0.1) is 5.92 Å². The van der Waals surface area contributed by atoms with Crippen molar-refractivity contribution in [1.82, 2.24) is 4.73 Å². The molecule has 4 heteroatoms. The lowest BCUT2D eigenvalue weighted by Crippen LogP contribution is -2.35. The number of nitrogens with zero attached hydrogens (tertiary/aromatic N) is 2. The third kappa shape index (κ3) is 2.18. The standard InChI is InChI=1S/C22H20N2O2/c25-23-20(16-7-3-1-4-8-16)21(17-9-5-2-6-10-17)24(26)22(23)19-14-15-11-12-18(19)13-15/h1-12,15,18-19,25H,13-14H2/t15-,18+,19+/m1/s1. The Morgan fingerprint density at radius 3 is 2.12 bits per heavy atom. The van der Waals surface area contributed by atoms with Gasteiger partial charge in [0.1, 0.15) is 0 Å². The van der Waals surface area contributed by atoms with Gasteiger partial charge in [-0.05, 0) is 29.4 Å². The van der Waals surface area contributed by atoms with Crippen molar-refractivity contribution in [2.75, 3.05) is 0 Å². The van der Waals surface area contributed by atoms with Crippen LogP contribution < -0.4 is 4.73 Å². The maximum atomic E-state index is 13.4. The fourth-order valence-corrected chi connectivity index (χ4v) is 4.60. The Morgan fingerprint density at radius 1 is 0.885 bits per heavy atom. The summed E-state index contributed by atoms with van der Waals surface area (Å²) >= 11 is 0. The molecule has 3 aromatic rings. The van der Waals surface area contributed by atoms with Crippen molar-refractivity contribution in [2.24, 2.45) is 11.8 Å². The highest BCUT2D eigenvalue weighted by molar-refractivity contribution is 5.76. The minimum Gasteiger partial charge on any atom is -0.710 e. The molecule has 1 fully saturated rings. The van der Waals surface area contributed by atoms with Crippen LogP contribution in [0.1, 0.15) is 24.6 Å². The molecule has 2 aromatic carbocycles. The topological polar surface area (TPSA) is 52.1 Å². The van der Waals surface area contributed by atoms with Crippen LogP contribution in [0.15, 0.2) is 72.8 Å². The summed E-state index contributed by atoms with van der Waals surface area (Å²) in [7, 11) is 0. The van der Waals surface area contributed by atoms with Gasteiger partial charge in [-0.1, -0.05) is 72.8 Å². The lowest BCUT2D eigenvalue weighted by atomic mass is 9.93. The first-order chi connectivity index (χ1) is 12.7. The first kappa shape index (κ1) is 15.3. The van der Waals surface area contributed by atoms with Gasteiger partial charge in [0, 0.05) is 11.1 Å². The highest BCUT2D eigenvalue weighted by atomic mass is 16.5. The summed E-state index contributed by atoms with van der Waals surface area (Å²) in [5.74, 6) is 1.39. The van der Waals surface area contributed by atoms with E-state index >= 15 is 0 Å². The van der Waals surface area contributed by atoms with E-state index in [0.29, 0.717) is 29.0 Å². The molecular weight excluding hydrogens is 324 g/mol. The van der Waals surface area contributed by atoms with Crippen LogP contribution in [0.2, 0.25) is 0 Å². The summed E-state index contributed by atoms with van der Waals surface area (Å²) in [5.41, 5.74) is 2.73. The lowest BCUT2D eigenvalue weighted by molar-refractivity contribution is -0.606. The van der Waals surface area contributed by atoms with Crippen LogP contribution in [-0.2, 0) is 0 Å². The SMILES string of the molecule is [O-][n+]1c(-c2ccccc2)c(-c2ccccc2)n(O)c1[C@H]1C[C@@H]2C=C[C@H]1C2. The maximum absolute atomic E-state index is 13.4. The van der Waals surface area contributed by atoms with Gasteiger partial charge in [-0.15, -0.1) is 0 Å². The molecule has 130 valence electrons. The lowest BCUT2D eigenvalue weighted by Gasteiger charge is -2.16. The highest BCUT2D eigenvalue weighted by Gasteiger charge is 2.45. The molecule has 0 amide bonds. The molecule has 1 heterocycles. The van der Waals surface area contributed by atoms with Crippen molar-refractivity contribution in [3.8, 4) is 22.5 Å². The van der Waals surface area contributed by atoms with Gasteiger partial charge in [0.25, 0.3) is 0 Å². The van der Waals surface area contributed by atoms with Gasteiger partial charge >= 0.3 is 5.82 Å². The number of aromatic nitrogens is 2. The third-order valence-electron chi connectivity index (χ3n) is 5.77. The van der Waals surface area contributed by atoms with E-state index in [1.54, 1.807) is 0 Å². The van der Waals surface area contributed by atoms with E-state index in [0.717, 1.165) is 33.4 Å². The van der Waals surface area contributed by atoms with E-state index in [1.165, 1.54) is 0 Å². The van der Waals surface area contributed by atoms with Crippen LogP contribution in [0.4, 0.5) is 0 Å². The minimum absolute atomic E-state index is 0.0624. The molecular formula is C22H20N2O2. The van der Waals surface area contributed by atoms with Gasteiger partial charge in [-0.2, -0.15) is 0 Å². The van der Waals surface area contributed by atoms with Gasteiger partial charge in [0.15, 0.2) is 5.69 Å². The van der Waals surface area contributed by atoms with Crippen LogP contribution >= 0.6 is 0 Å². The van der Waals surface area contributed by atoms with Crippen molar-refractivity contribution in [3.05, 3.63) is 83.8 Å². The Kier molecular flexibility index (Phi) is 3.38. The smallest absolute Gasteiger partial charge is 0.304 e. The number of hydrogen-bond acceptors (Lipinski definition) is 2. The summed E-state index contributed by atoms with van der Waals surface area (Å²) < 4.78 is 2.10. The highest BCUT2D eigenvalue weighted by Crippen LogP contribution is 2.49. The number of benzene rings is 2. The van der Waals surface area contributed by atoms with E-state index < -0.39 is 0 Å². The van der Waals surface area contributed by atoms with Crippen LogP contribution in [-0.4, -0.2) is 9.94 Å². The minimum atomic E-state index is 0.0624. The predicted octanol–water partition coefficient (Wildman–Crippen LogP) is 4.37. The maximum Gasteiger partial charge on any atom is 0.304 e. The Labute approximate surface area is 152 Å². The van der Waals surface area contributed by atoms with Gasteiger partial charge in [-0.25, -0.2) is 4.73 Å². The fraction of sp³-hybridized carbons (Fsp3) is 0.227. The zero-order valence-electron chi connectivity index (χ0n) is 14.3. The first-order valence-electron chi connectivity index (χ1n) is 9.10. The molecule has 0 saturated heterocycles. The van der Waals surface area contributed by atoms with Crippen molar-refractivity contribution in [1.29, 1.82) is 0 Å². The number of rotatable bonds is 3. The quantitative estimate of drug-likeness (QED) is 0.332. The van der Waals surface area contributed by atoms with E-state index in [9.17, 15) is 10.4 Å². The van der Waals surface area contributed by atoms with E-state index in [-0.39, 0.29) is 5.92 Å². The molecule has 26 heavy (non-hydrogen) atoms. The number of imidazole rings is 1. The monoisotopic (exact) mass is 344 g/mol. The van der Waals surface area contributed by atoms with Crippen molar-refractivity contribution in [2.45, 2.75) is 18.8 Å². The molecule has 2 aliphatic carbocycles. The molecule has 3 atom stereocenters. The average Bonchev–Trinajstić information content (AvgIpc) is 3.36. The molecule has 0 spiro atoms. The number of allylic oxidation sites excluding steroid dienone is 2. The largest absolute Gasteiger partial charge is 0.710 e. The molecule has 2 aliphatic rings. The number of hydrogen-bond donors (Lipinski definition) is 1. The molecule has 1 saturated carbocycles. The average molecular weight is 344 g/mol. The molecule has 1 aromatic heterocycles. The second kappa shape index (κ2) is 5.77. The fourth-order valence-electron chi connectivity index (χ4n) is 4.60. The third-order valence-corrected chi connectivity index (χ3v) is 5.77. The first-order valence-corrected chi connectivity index (χ1v) is 9.10. The Morgan fingerprint density at radius 2 is 1.54 bits per heavy atom. The molecule has 1 N–H and O–H groups in total. The van der Waals surface area contributed by atoms with E-state index in [4.69, 9.17) is 0 Å². The summed E-state index contributed by atoms with van der Waals surface area (Å²) in [6.45, 7) is 0. The summed E-state index contributed by atoms with van der Waals surface area (Å²) in [6.07, 6.45) is 6.46. The zero-order chi connectivity index (χ0) is 17.7. The Bertz CT molecular complexity index is 913. The van der Waals surface area contributed by atoms with Gasteiger partial charge < -0.3 is 10.4 Å². The van der Waals surface area contributed by atoms with Crippen molar-refractivity contribution in [3.63, 3.8) is 0 Å². The van der Waals surface area contributed by atoms with Crippen molar-refractivity contribution < 1.29 is 9.94 Å². The van der Waals surface area contributed by atoms with E-state index in [2.05, 4.69) is 12.2 Å². The van der Waals surface area contributed by atoms with Gasteiger partial charge in [-0.3, -0.25) is 0 Å². The predicted molar refractivity (Wildman–Crippen MR) is 99.5 cm³/mol. The Hall–Kier alpha value is -3.01. The summed E-state index contributed by atoms with van der Waals surface area (Å²) in [6, 6.07) is 19.2. The van der Waals surface area contributed by atoms with Crippen LogP contribution in [0, 0.1) is 17.0 Å². The zero-order valence-corrected chi connectivity index (χ0v) is 14.3. The Balaban J connectivity index is 1.75. The van der Waals surface area contributed by atoms with Crippen LogP contribution in [0.25, 0.3) is 22.5 Å². The summed E-state index contributed by atoms with van der Waals surface area (Å²) in [4.78, 5) is 0. The molecule has 5 rings (SSSR count). The molecule has 0 aliphatic heterocycles. The van der Waals surface area contributed by atoms with Gasteiger partial charge in [0.2, 0.25) is 5.69 Å². The molecule has 0 unspecified atom stereocenters. The summed E-state index contributed by atoms with van der Waals surface area (Å²) in [5, 5.41) is 24.4. The molecule has 0 radical (unpaired) electrons. The van der Waals surface area contributed by atoms with Crippen LogP contribution in [0.5, 0.6) is 0 Å². The second-order valence-corrected chi connectivity index (χ2v) is 7.28. The van der Waals surface area contributed by atoms with Crippen LogP contribution in [0.3, 0.4) is 0 Å². The molecule has 2 bridgehead atoms. The molecule has 4 nitrogen and oxygen atoms in total. The second-order valence-electron chi connectivity index (χ2n) is 7.28. The normalized spacial score (nSPS) is 23.6.